The van der Waals surface area contributed by atoms with E-state index in [1.807, 2.05) is 30.5 Å². The number of nitrogens with one attached hydrogen (secondary N) is 3. The summed E-state index contributed by atoms with van der Waals surface area (Å²) in [5.41, 5.74) is 9.57. The monoisotopic (exact) mass is 394 g/mol. The Morgan fingerprint density at radius 1 is 1.28 bits per heavy atom. The zero-order chi connectivity index (χ0) is 20.6. The Morgan fingerprint density at radius 3 is 2.79 bits per heavy atom. The number of hydrogen-bond acceptors (Lipinski definition) is 7. The standard InChI is InChI=1S/C21H30N8/c1-13(2)17-12-24-29-18(17)27-19(25-16-8-9-21(3,4)23-11-16)28-20(29)26-15-7-5-6-14(22)10-15/h5-7,10,12-13,16,23H,8-9,11,22H2,1-4H3,(H2,25,26,27,28)/t16-/m0/s1. The van der Waals surface area contributed by atoms with Crippen molar-refractivity contribution in [3.05, 3.63) is 36.0 Å². The Bertz CT molecular complexity index is 997. The molecule has 1 aromatic carbocycles. The molecule has 1 fully saturated rings. The van der Waals surface area contributed by atoms with E-state index in [9.17, 15) is 0 Å². The number of hydrogen-bond donors (Lipinski definition) is 4. The molecule has 1 saturated heterocycles. The molecule has 5 N–H and O–H groups in total. The molecule has 29 heavy (non-hydrogen) atoms. The van der Waals surface area contributed by atoms with Crippen LogP contribution in [0.25, 0.3) is 5.65 Å². The van der Waals surface area contributed by atoms with Crippen molar-refractivity contribution in [1.29, 1.82) is 0 Å². The Kier molecular flexibility index (Phi) is 5.04. The van der Waals surface area contributed by atoms with Crippen LogP contribution < -0.4 is 21.7 Å². The minimum absolute atomic E-state index is 0.180. The van der Waals surface area contributed by atoms with E-state index in [-0.39, 0.29) is 11.6 Å². The molecule has 3 heterocycles. The summed E-state index contributed by atoms with van der Waals surface area (Å²) in [6, 6.07) is 7.89. The molecule has 8 nitrogen and oxygen atoms in total. The van der Waals surface area contributed by atoms with Crippen molar-refractivity contribution in [2.75, 3.05) is 22.9 Å². The van der Waals surface area contributed by atoms with Gasteiger partial charge in [0, 0.05) is 35.1 Å². The van der Waals surface area contributed by atoms with Gasteiger partial charge in [-0.2, -0.15) is 19.6 Å². The van der Waals surface area contributed by atoms with Gasteiger partial charge in [-0.05, 0) is 50.8 Å². The van der Waals surface area contributed by atoms with Crippen LogP contribution in [0.4, 0.5) is 23.3 Å². The molecule has 1 atom stereocenters. The van der Waals surface area contributed by atoms with Crippen LogP contribution in [0.1, 0.15) is 52.0 Å². The molecule has 0 spiro atoms. The van der Waals surface area contributed by atoms with Gasteiger partial charge in [0.05, 0.1) is 6.20 Å². The van der Waals surface area contributed by atoms with Crippen LogP contribution in [0.15, 0.2) is 30.5 Å². The molecule has 3 aromatic rings. The fourth-order valence-electron chi connectivity index (χ4n) is 3.62. The van der Waals surface area contributed by atoms with E-state index in [1.165, 1.54) is 0 Å². The summed E-state index contributed by atoms with van der Waals surface area (Å²) in [5.74, 6) is 1.53. The Morgan fingerprint density at radius 2 is 2.10 bits per heavy atom. The Labute approximate surface area is 171 Å². The molecule has 0 saturated carbocycles. The number of nitrogen functional groups attached to an aromatic ring is 1. The van der Waals surface area contributed by atoms with E-state index in [2.05, 4.69) is 48.7 Å². The highest BCUT2D eigenvalue weighted by Gasteiger charge is 2.26. The molecule has 0 radical (unpaired) electrons. The lowest BCUT2D eigenvalue weighted by Gasteiger charge is -2.36. The third-order valence-electron chi connectivity index (χ3n) is 5.44. The summed E-state index contributed by atoms with van der Waals surface area (Å²) in [7, 11) is 0. The topological polar surface area (TPSA) is 105 Å². The van der Waals surface area contributed by atoms with Gasteiger partial charge in [0.2, 0.25) is 11.9 Å². The number of nitrogens with zero attached hydrogens (tertiary/aromatic N) is 4. The van der Waals surface area contributed by atoms with Crippen molar-refractivity contribution in [2.24, 2.45) is 0 Å². The number of aromatic nitrogens is 4. The third-order valence-corrected chi connectivity index (χ3v) is 5.44. The normalized spacial score (nSPS) is 18.9. The first kappa shape index (κ1) is 19.4. The zero-order valence-electron chi connectivity index (χ0n) is 17.5. The van der Waals surface area contributed by atoms with Gasteiger partial charge in [0.1, 0.15) is 0 Å². The fraction of sp³-hybridized carbons (Fsp3) is 0.476. The van der Waals surface area contributed by atoms with Crippen LogP contribution >= 0.6 is 0 Å². The predicted molar refractivity (Wildman–Crippen MR) is 118 cm³/mol. The largest absolute Gasteiger partial charge is 0.399 e. The van der Waals surface area contributed by atoms with E-state index in [1.54, 1.807) is 4.52 Å². The SMILES string of the molecule is CC(C)c1cnn2c(Nc3cccc(N)c3)nc(N[C@H]3CCC(C)(C)NC3)nc12. The number of rotatable bonds is 5. The molecule has 8 heteroatoms. The first-order valence-electron chi connectivity index (χ1n) is 10.2. The highest BCUT2D eigenvalue weighted by atomic mass is 15.4. The Hall–Kier alpha value is -2.87. The highest BCUT2D eigenvalue weighted by molar-refractivity contribution is 5.63. The van der Waals surface area contributed by atoms with Crippen molar-refractivity contribution in [3.8, 4) is 0 Å². The smallest absolute Gasteiger partial charge is 0.233 e. The average Bonchev–Trinajstić information content (AvgIpc) is 3.08. The molecule has 2 aromatic heterocycles. The van der Waals surface area contributed by atoms with E-state index >= 15 is 0 Å². The van der Waals surface area contributed by atoms with E-state index < -0.39 is 0 Å². The first-order valence-corrected chi connectivity index (χ1v) is 10.2. The second-order valence-corrected chi connectivity index (χ2v) is 8.76. The van der Waals surface area contributed by atoms with Crippen molar-refractivity contribution in [3.63, 3.8) is 0 Å². The Balaban J connectivity index is 1.68. The van der Waals surface area contributed by atoms with Crippen LogP contribution in [-0.4, -0.2) is 37.7 Å². The van der Waals surface area contributed by atoms with Crippen molar-refractivity contribution >= 4 is 28.9 Å². The fourth-order valence-corrected chi connectivity index (χ4v) is 3.62. The summed E-state index contributed by atoms with van der Waals surface area (Å²) >= 11 is 0. The lowest BCUT2D eigenvalue weighted by molar-refractivity contribution is 0.289. The summed E-state index contributed by atoms with van der Waals surface area (Å²) < 4.78 is 1.76. The molecule has 4 rings (SSSR count). The lowest BCUT2D eigenvalue weighted by atomic mass is 9.91. The van der Waals surface area contributed by atoms with Crippen LogP contribution in [-0.2, 0) is 0 Å². The number of nitrogens with two attached hydrogens (primary N) is 1. The molecule has 0 unspecified atom stereocenters. The molecular formula is C21H30N8. The van der Waals surface area contributed by atoms with Crippen molar-refractivity contribution < 1.29 is 0 Å². The third kappa shape index (κ3) is 4.27. The van der Waals surface area contributed by atoms with Gasteiger partial charge < -0.3 is 21.7 Å². The van der Waals surface area contributed by atoms with Gasteiger partial charge in [-0.1, -0.05) is 19.9 Å². The summed E-state index contributed by atoms with van der Waals surface area (Å²) in [5, 5.41) is 15.0. The maximum atomic E-state index is 5.93. The van der Waals surface area contributed by atoms with Gasteiger partial charge in [-0.3, -0.25) is 0 Å². The molecular weight excluding hydrogens is 364 g/mol. The van der Waals surface area contributed by atoms with E-state index in [0.29, 0.717) is 23.5 Å². The maximum Gasteiger partial charge on any atom is 0.233 e. The molecule has 154 valence electrons. The first-order chi connectivity index (χ1) is 13.8. The van der Waals surface area contributed by atoms with Gasteiger partial charge >= 0.3 is 0 Å². The van der Waals surface area contributed by atoms with Gasteiger partial charge in [0.15, 0.2) is 5.65 Å². The minimum atomic E-state index is 0.180. The molecule has 0 aliphatic carbocycles. The van der Waals surface area contributed by atoms with Crippen LogP contribution in [0.2, 0.25) is 0 Å². The second-order valence-electron chi connectivity index (χ2n) is 8.76. The van der Waals surface area contributed by atoms with Crippen molar-refractivity contribution in [2.45, 2.75) is 58.0 Å². The van der Waals surface area contributed by atoms with Crippen LogP contribution in [0.3, 0.4) is 0 Å². The quantitative estimate of drug-likeness (QED) is 0.491. The van der Waals surface area contributed by atoms with Gasteiger partial charge in [-0.15, -0.1) is 0 Å². The van der Waals surface area contributed by atoms with E-state index in [4.69, 9.17) is 15.7 Å². The van der Waals surface area contributed by atoms with Crippen LogP contribution in [0, 0.1) is 0 Å². The average molecular weight is 395 g/mol. The molecule has 0 bridgehead atoms. The second kappa shape index (κ2) is 7.51. The molecule has 1 aliphatic rings. The number of benzene rings is 1. The lowest BCUT2D eigenvalue weighted by Crippen LogP contribution is -2.50. The summed E-state index contributed by atoms with van der Waals surface area (Å²) in [6.07, 6.45) is 4.04. The number of piperidine rings is 1. The predicted octanol–water partition coefficient (Wildman–Crippen LogP) is 3.52. The van der Waals surface area contributed by atoms with Gasteiger partial charge in [0.25, 0.3) is 0 Å². The summed E-state index contributed by atoms with van der Waals surface area (Å²) in [4.78, 5) is 9.52. The number of anilines is 4. The van der Waals surface area contributed by atoms with Crippen LogP contribution in [0.5, 0.6) is 0 Å². The molecule has 1 aliphatic heterocycles. The zero-order valence-corrected chi connectivity index (χ0v) is 17.5. The van der Waals surface area contributed by atoms with E-state index in [0.717, 1.165) is 36.3 Å². The highest BCUT2D eigenvalue weighted by Crippen LogP contribution is 2.25. The molecule has 0 amide bonds. The van der Waals surface area contributed by atoms with Gasteiger partial charge in [-0.25, -0.2) is 0 Å². The van der Waals surface area contributed by atoms with Crippen molar-refractivity contribution in [1.82, 2.24) is 24.9 Å². The maximum absolute atomic E-state index is 5.93. The minimum Gasteiger partial charge on any atom is -0.399 e. The number of fused-ring (bicyclic) bond motifs is 1. The summed E-state index contributed by atoms with van der Waals surface area (Å²) in [6.45, 7) is 9.64.